The van der Waals surface area contributed by atoms with E-state index < -0.39 is 15.9 Å². The predicted octanol–water partition coefficient (Wildman–Crippen LogP) is 0.567. The first-order valence-electron chi connectivity index (χ1n) is 3.42. The molecular formula is C6H14O2Si2. The maximum atomic E-state index is 11.0. The molecule has 0 aliphatic heterocycles. The zero-order chi connectivity index (χ0) is 8.36. The maximum absolute atomic E-state index is 11.0. The molecule has 0 aromatic rings. The molecule has 0 heterocycles. The van der Waals surface area contributed by atoms with Crippen LogP contribution in [0.4, 0.5) is 0 Å². The second-order valence-electron chi connectivity index (χ2n) is 3.36. The standard InChI is InChI=1S/C6H14O2Si2/c1-9(2)10(3,4)6(8)5-7/h5,9H,1-4H3. The SMILES string of the molecule is C[SiH](C)[Si](C)(C)C(=O)C=O. The molecule has 2 nitrogen and oxygen atoms in total. The minimum absolute atomic E-state index is 0.117. The highest BCUT2D eigenvalue weighted by Crippen LogP contribution is 2.06. The molecule has 0 radical (unpaired) electrons. The summed E-state index contributed by atoms with van der Waals surface area (Å²) in [5.74, 6) is 0. The minimum Gasteiger partial charge on any atom is -0.298 e. The Balaban J connectivity index is 4.39. The summed E-state index contributed by atoms with van der Waals surface area (Å²) >= 11 is 0. The Kier molecular flexibility index (Phi) is 3.18. The van der Waals surface area contributed by atoms with E-state index in [4.69, 9.17) is 0 Å². The number of hydrogen-bond acceptors (Lipinski definition) is 2. The second-order valence-corrected chi connectivity index (χ2v) is 17.4. The van der Waals surface area contributed by atoms with Crippen LogP contribution in [0.25, 0.3) is 0 Å². The van der Waals surface area contributed by atoms with Gasteiger partial charge in [0, 0.05) is 8.31 Å². The summed E-state index contributed by atoms with van der Waals surface area (Å²) in [6.45, 7) is 8.24. The largest absolute Gasteiger partial charge is 0.298 e. The van der Waals surface area contributed by atoms with Crippen LogP contribution < -0.4 is 0 Å². The van der Waals surface area contributed by atoms with Gasteiger partial charge < -0.3 is 0 Å². The van der Waals surface area contributed by atoms with Gasteiger partial charge in [-0.1, -0.05) is 26.2 Å². The van der Waals surface area contributed by atoms with Crippen LogP contribution in [0.1, 0.15) is 0 Å². The molecule has 0 aromatic carbocycles. The van der Waals surface area contributed by atoms with E-state index in [2.05, 4.69) is 13.1 Å². The van der Waals surface area contributed by atoms with Gasteiger partial charge in [-0.2, -0.15) is 0 Å². The number of carbonyl (C=O) groups excluding carboxylic acids is 2. The minimum atomic E-state index is -1.75. The molecule has 0 atom stereocenters. The molecule has 0 saturated carbocycles. The fourth-order valence-electron chi connectivity index (χ4n) is 0.436. The number of hydrogen-bond donors (Lipinski definition) is 0. The lowest BCUT2D eigenvalue weighted by molar-refractivity contribution is -0.125. The summed E-state index contributed by atoms with van der Waals surface area (Å²) in [6, 6.07) is 0. The summed E-state index contributed by atoms with van der Waals surface area (Å²) in [4.78, 5) is 21.2. The van der Waals surface area contributed by atoms with E-state index in [1.807, 2.05) is 13.1 Å². The van der Waals surface area contributed by atoms with Gasteiger partial charge in [0.15, 0.2) is 11.7 Å². The molecule has 0 bridgehead atoms. The first kappa shape index (κ1) is 9.77. The van der Waals surface area contributed by atoms with Crippen molar-refractivity contribution < 1.29 is 9.59 Å². The fourth-order valence-corrected chi connectivity index (χ4v) is 3.22. The first-order valence-corrected chi connectivity index (χ1v) is 10.5. The highest BCUT2D eigenvalue weighted by molar-refractivity contribution is 7.46. The normalized spacial score (nSPS) is 11.7. The molecule has 0 amide bonds. The third kappa shape index (κ3) is 1.88. The Labute approximate surface area is 64.0 Å². The van der Waals surface area contributed by atoms with Crippen LogP contribution in [-0.2, 0) is 9.59 Å². The first-order chi connectivity index (χ1) is 4.42. The van der Waals surface area contributed by atoms with Gasteiger partial charge in [0.2, 0.25) is 0 Å². The Morgan fingerprint density at radius 3 is 1.90 bits per heavy atom. The average molecular weight is 174 g/mol. The van der Waals surface area contributed by atoms with E-state index in [-0.39, 0.29) is 5.41 Å². The van der Waals surface area contributed by atoms with Gasteiger partial charge in [-0.05, 0) is 0 Å². The van der Waals surface area contributed by atoms with E-state index in [9.17, 15) is 9.59 Å². The summed E-state index contributed by atoms with van der Waals surface area (Å²) in [5, 5.41) is -0.117. The van der Waals surface area contributed by atoms with Crippen molar-refractivity contribution in [3.05, 3.63) is 0 Å². The van der Waals surface area contributed by atoms with Crippen LogP contribution in [0, 0.1) is 0 Å². The average Bonchev–Trinajstić information content (AvgIpc) is 1.86. The summed E-state index contributed by atoms with van der Waals surface area (Å²) in [7, 11) is -2.65. The third-order valence-electron chi connectivity index (χ3n) is 2.19. The molecule has 0 aliphatic carbocycles. The van der Waals surface area contributed by atoms with Crippen molar-refractivity contribution in [2.24, 2.45) is 0 Å². The zero-order valence-electron chi connectivity index (χ0n) is 6.97. The molecular weight excluding hydrogens is 160 g/mol. The van der Waals surface area contributed by atoms with Gasteiger partial charge in [0.25, 0.3) is 0 Å². The smallest absolute Gasteiger partial charge is 0.180 e. The van der Waals surface area contributed by atoms with Crippen LogP contribution in [0.5, 0.6) is 0 Å². The van der Waals surface area contributed by atoms with Crippen LogP contribution in [-0.4, -0.2) is 27.6 Å². The topological polar surface area (TPSA) is 34.1 Å². The molecule has 0 aromatic heterocycles. The van der Waals surface area contributed by atoms with Crippen LogP contribution in [0.15, 0.2) is 0 Å². The lowest BCUT2D eigenvalue weighted by Gasteiger charge is -2.20. The van der Waals surface area contributed by atoms with Crippen molar-refractivity contribution in [2.45, 2.75) is 26.2 Å². The lowest BCUT2D eigenvalue weighted by atomic mass is 10.9. The van der Waals surface area contributed by atoms with Crippen molar-refractivity contribution in [2.75, 3.05) is 0 Å². The van der Waals surface area contributed by atoms with Gasteiger partial charge >= 0.3 is 0 Å². The lowest BCUT2D eigenvalue weighted by Crippen LogP contribution is -2.50. The van der Waals surface area contributed by atoms with Gasteiger partial charge in [-0.3, -0.25) is 9.59 Å². The maximum Gasteiger partial charge on any atom is 0.180 e. The summed E-state index contributed by atoms with van der Waals surface area (Å²) in [6.07, 6.45) is 0.499. The number of carbonyl (C=O) groups is 2. The van der Waals surface area contributed by atoms with Crippen molar-refractivity contribution >= 4 is 27.6 Å². The van der Waals surface area contributed by atoms with Crippen LogP contribution >= 0.6 is 0 Å². The Morgan fingerprint density at radius 1 is 1.40 bits per heavy atom. The molecule has 58 valence electrons. The number of rotatable bonds is 3. The van der Waals surface area contributed by atoms with Gasteiger partial charge in [-0.25, -0.2) is 0 Å². The van der Waals surface area contributed by atoms with E-state index in [0.717, 1.165) is 0 Å². The fraction of sp³-hybridized carbons (Fsp3) is 0.667. The van der Waals surface area contributed by atoms with E-state index >= 15 is 0 Å². The monoisotopic (exact) mass is 174 g/mol. The van der Waals surface area contributed by atoms with E-state index in [1.54, 1.807) is 0 Å². The molecule has 0 N–H and O–H groups in total. The quantitative estimate of drug-likeness (QED) is 0.356. The van der Waals surface area contributed by atoms with Crippen molar-refractivity contribution in [1.29, 1.82) is 0 Å². The summed E-state index contributed by atoms with van der Waals surface area (Å²) < 4.78 is 0. The predicted molar refractivity (Wildman–Crippen MR) is 47.4 cm³/mol. The van der Waals surface area contributed by atoms with Crippen molar-refractivity contribution in [3.8, 4) is 0 Å². The second kappa shape index (κ2) is 3.25. The van der Waals surface area contributed by atoms with E-state index in [1.165, 1.54) is 0 Å². The zero-order valence-corrected chi connectivity index (χ0v) is 9.13. The van der Waals surface area contributed by atoms with Gasteiger partial charge in [0.1, 0.15) is 7.59 Å². The molecule has 4 heteroatoms. The Bertz CT molecular complexity index is 152. The van der Waals surface area contributed by atoms with Crippen LogP contribution in [0.2, 0.25) is 26.2 Å². The highest BCUT2D eigenvalue weighted by Gasteiger charge is 2.33. The Morgan fingerprint density at radius 2 is 1.80 bits per heavy atom. The molecule has 0 spiro atoms. The highest BCUT2D eigenvalue weighted by atomic mass is 29.2. The van der Waals surface area contributed by atoms with Crippen molar-refractivity contribution in [1.82, 2.24) is 0 Å². The Hall–Kier alpha value is -0.226. The molecule has 0 fully saturated rings. The molecule has 10 heavy (non-hydrogen) atoms. The molecule has 0 unspecified atom stereocenters. The van der Waals surface area contributed by atoms with Gasteiger partial charge in [0.05, 0.1) is 0 Å². The molecule has 0 aliphatic rings. The van der Waals surface area contributed by atoms with E-state index in [0.29, 0.717) is 6.29 Å². The van der Waals surface area contributed by atoms with Crippen molar-refractivity contribution in [3.63, 3.8) is 0 Å². The third-order valence-corrected chi connectivity index (χ3v) is 16.0. The molecule has 0 saturated heterocycles. The summed E-state index contributed by atoms with van der Waals surface area (Å²) in [5.41, 5.74) is 0. The molecule has 0 rings (SSSR count). The number of aldehydes is 1. The van der Waals surface area contributed by atoms with Crippen LogP contribution in [0.3, 0.4) is 0 Å². The van der Waals surface area contributed by atoms with Gasteiger partial charge in [-0.15, -0.1) is 0 Å².